The van der Waals surface area contributed by atoms with Crippen LogP contribution in [0.2, 0.25) is 0 Å². The molecule has 1 heterocycles. The van der Waals surface area contributed by atoms with E-state index in [-0.39, 0.29) is 37.5 Å². The lowest BCUT2D eigenvalue weighted by Gasteiger charge is -2.20. The van der Waals surface area contributed by atoms with Gasteiger partial charge in [-0.25, -0.2) is 4.79 Å². The second-order valence-corrected chi connectivity index (χ2v) is 8.84. The standard InChI is InChI=1S/C29H31N3O4/c1-3-36-27(33)18-25(22-9-5-4-6-10-22)31-29(35)30-19-21-12-13-23-14-15-32(26(23)17-21)28(34)24-11-7-8-20(2)16-24/h4-13,16-17,25H,3,14-15,18-19H2,1-2H3,(H2,30,31,35)/t25-/m1/s1. The van der Waals surface area contributed by atoms with Crippen LogP contribution in [0, 0.1) is 6.92 Å². The largest absolute Gasteiger partial charge is 0.466 e. The van der Waals surface area contributed by atoms with Crippen LogP contribution in [0.1, 0.15) is 52.0 Å². The van der Waals surface area contributed by atoms with Gasteiger partial charge in [0.25, 0.3) is 5.91 Å². The smallest absolute Gasteiger partial charge is 0.315 e. The van der Waals surface area contributed by atoms with E-state index in [1.807, 2.05) is 79.7 Å². The highest BCUT2D eigenvalue weighted by atomic mass is 16.5. The third kappa shape index (κ3) is 6.10. The maximum Gasteiger partial charge on any atom is 0.315 e. The Labute approximate surface area is 211 Å². The summed E-state index contributed by atoms with van der Waals surface area (Å²) in [5.74, 6) is -0.395. The zero-order valence-electron chi connectivity index (χ0n) is 20.6. The van der Waals surface area contributed by atoms with Gasteiger partial charge in [-0.2, -0.15) is 0 Å². The molecule has 0 aliphatic carbocycles. The molecule has 186 valence electrons. The van der Waals surface area contributed by atoms with Gasteiger partial charge in [-0.1, -0.05) is 60.2 Å². The SMILES string of the molecule is CCOC(=O)C[C@@H](NC(=O)NCc1ccc2c(c1)N(C(=O)c1cccc(C)c1)CC2)c1ccccc1. The molecular weight excluding hydrogens is 454 g/mol. The van der Waals surface area contributed by atoms with E-state index in [2.05, 4.69) is 10.6 Å². The van der Waals surface area contributed by atoms with Crippen LogP contribution >= 0.6 is 0 Å². The molecule has 3 amide bonds. The maximum atomic E-state index is 13.1. The molecule has 0 spiro atoms. The number of nitrogens with one attached hydrogen (secondary N) is 2. The highest BCUT2D eigenvalue weighted by molar-refractivity contribution is 6.07. The number of hydrogen-bond acceptors (Lipinski definition) is 4. The van der Waals surface area contributed by atoms with Crippen molar-refractivity contribution >= 4 is 23.6 Å². The first kappa shape index (κ1) is 25.0. The Morgan fingerprint density at radius 1 is 1.00 bits per heavy atom. The van der Waals surface area contributed by atoms with Gasteiger partial charge < -0.3 is 20.3 Å². The Morgan fingerprint density at radius 3 is 2.56 bits per heavy atom. The topological polar surface area (TPSA) is 87.7 Å². The van der Waals surface area contributed by atoms with Gasteiger partial charge in [0.1, 0.15) is 0 Å². The first-order valence-corrected chi connectivity index (χ1v) is 12.2. The molecular formula is C29H31N3O4. The number of carbonyl (C=O) groups is 3. The number of ether oxygens (including phenoxy) is 1. The van der Waals surface area contributed by atoms with Gasteiger partial charge in [0.05, 0.1) is 19.1 Å². The lowest BCUT2D eigenvalue weighted by molar-refractivity contribution is -0.143. The zero-order valence-corrected chi connectivity index (χ0v) is 20.6. The third-order valence-electron chi connectivity index (χ3n) is 6.19. The van der Waals surface area contributed by atoms with Crippen molar-refractivity contribution in [1.82, 2.24) is 10.6 Å². The highest BCUT2D eigenvalue weighted by Gasteiger charge is 2.26. The molecule has 7 heteroatoms. The van der Waals surface area contributed by atoms with Crippen molar-refractivity contribution in [3.05, 3.63) is 101 Å². The van der Waals surface area contributed by atoms with Crippen LogP contribution in [0.25, 0.3) is 0 Å². The van der Waals surface area contributed by atoms with E-state index in [1.165, 1.54) is 0 Å². The van der Waals surface area contributed by atoms with E-state index >= 15 is 0 Å². The first-order valence-electron chi connectivity index (χ1n) is 12.2. The number of anilines is 1. The van der Waals surface area contributed by atoms with Crippen LogP contribution < -0.4 is 15.5 Å². The quantitative estimate of drug-likeness (QED) is 0.453. The van der Waals surface area contributed by atoms with Crippen molar-refractivity contribution in [3.63, 3.8) is 0 Å². The van der Waals surface area contributed by atoms with Gasteiger partial charge in [0.15, 0.2) is 0 Å². The van der Waals surface area contributed by atoms with Gasteiger partial charge in [-0.15, -0.1) is 0 Å². The summed E-state index contributed by atoms with van der Waals surface area (Å²) < 4.78 is 5.07. The summed E-state index contributed by atoms with van der Waals surface area (Å²) >= 11 is 0. The normalized spacial score (nSPS) is 13.0. The van der Waals surface area contributed by atoms with E-state index in [1.54, 1.807) is 11.8 Å². The average Bonchev–Trinajstić information content (AvgIpc) is 3.30. The summed E-state index contributed by atoms with van der Waals surface area (Å²) in [7, 11) is 0. The van der Waals surface area contributed by atoms with Gasteiger partial charge in [-0.05, 0) is 55.2 Å². The molecule has 0 aromatic heterocycles. The van der Waals surface area contributed by atoms with E-state index in [4.69, 9.17) is 4.74 Å². The zero-order chi connectivity index (χ0) is 25.5. The Balaban J connectivity index is 1.41. The number of rotatable bonds is 8. The van der Waals surface area contributed by atoms with Gasteiger partial charge in [-0.3, -0.25) is 9.59 Å². The summed E-state index contributed by atoms with van der Waals surface area (Å²) in [6, 6.07) is 22.0. The molecule has 0 fully saturated rings. The predicted molar refractivity (Wildman–Crippen MR) is 139 cm³/mol. The molecule has 0 unspecified atom stereocenters. The molecule has 3 aromatic rings. The van der Waals surface area contributed by atoms with Crippen LogP contribution in [0.15, 0.2) is 72.8 Å². The lowest BCUT2D eigenvalue weighted by atomic mass is 10.0. The fraction of sp³-hybridized carbons (Fsp3) is 0.276. The van der Waals surface area contributed by atoms with Crippen molar-refractivity contribution in [2.45, 2.75) is 39.3 Å². The fourth-order valence-electron chi connectivity index (χ4n) is 4.40. The van der Waals surface area contributed by atoms with E-state index < -0.39 is 6.04 Å². The summed E-state index contributed by atoms with van der Waals surface area (Å²) in [4.78, 5) is 39.7. The van der Waals surface area contributed by atoms with E-state index in [9.17, 15) is 14.4 Å². The monoisotopic (exact) mass is 485 g/mol. The second kappa shape index (κ2) is 11.5. The molecule has 0 bridgehead atoms. The van der Waals surface area contributed by atoms with E-state index in [0.29, 0.717) is 12.1 Å². The number of fused-ring (bicyclic) bond motifs is 1. The summed E-state index contributed by atoms with van der Waals surface area (Å²) in [5, 5.41) is 5.76. The van der Waals surface area contributed by atoms with Crippen LogP contribution in [-0.4, -0.2) is 31.1 Å². The molecule has 3 aromatic carbocycles. The second-order valence-electron chi connectivity index (χ2n) is 8.84. The maximum absolute atomic E-state index is 13.1. The Hall–Kier alpha value is -4.13. The van der Waals surface area contributed by atoms with Crippen LogP contribution in [0.4, 0.5) is 10.5 Å². The number of aryl methyl sites for hydroxylation is 1. The lowest BCUT2D eigenvalue weighted by Crippen LogP contribution is -2.38. The van der Waals surface area contributed by atoms with Gasteiger partial charge in [0.2, 0.25) is 0 Å². The average molecular weight is 486 g/mol. The molecule has 1 aliphatic heterocycles. The molecule has 1 atom stereocenters. The van der Waals surface area contributed by atoms with Crippen molar-refractivity contribution < 1.29 is 19.1 Å². The predicted octanol–water partition coefficient (Wildman–Crippen LogP) is 4.69. The van der Waals surface area contributed by atoms with Gasteiger partial charge >= 0.3 is 12.0 Å². The molecule has 0 saturated heterocycles. The number of amides is 3. The highest BCUT2D eigenvalue weighted by Crippen LogP contribution is 2.30. The summed E-state index contributed by atoms with van der Waals surface area (Å²) in [6.45, 7) is 4.92. The third-order valence-corrected chi connectivity index (χ3v) is 6.19. The first-order chi connectivity index (χ1) is 17.4. The molecule has 7 nitrogen and oxygen atoms in total. The minimum absolute atomic E-state index is 0.0232. The summed E-state index contributed by atoms with van der Waals surface area (Å²) in [6.07, 6.45) is 0.841. The van der Waals surface area contributed by atoms with Gasteiger partial charge in [0, 0.05) is 24.3 Å². The van der Waals surface area contributed by atoms with Crippen molar-refractivity contribution in [1.29, 1.82) is 0 Å². The molecule has 1 aliphatic rings. The molecule has 0 saturated carbocycles. The van der Waals surface area contributed by atoms with E-state index in [0.717, 1.165) is 34.4 Å². The number of hydrogen-bond donors (Lipinski definition) is 2. The van der Waals surface area contributed by atoms with Crippen LogP contribution in [-0.2, 0) is 22.5 Å². The number of urea groups is 1. The molecule has 0 radical (unpaired) electrons. The van der Waals surface area contributed by atoms with Crippen molar-refractivity contribution in [2.75, 3.05) is 18.1 Å². The Kier molecular flexibility index (Phi) is 8.00. The number of nitrogens with zero attached hydrogens (tertiary/aromatic N) is 1. The number of esters is 1. The fourth-order valence-corrected chi connectivity index (χ4v) is 4.40. The Morgan fingerprint density at radius 2 is 1.81 bits per heavy atom. The van der Waals surface area contributed by atoms with Crippen molar-refractivity contribution in [2.24, 2.45) is 0 Å². The molecule has 2 N–H and O–H groups in total. The minimum atomic E-state index is -0.507. The van der Waals surface area contributed by atoms with Crippen LogP contribution in [0.3, 0.4) is 0 Å². The molecule has 4 rings (SSSR count). The number of benzene rings is 3. The summed E-state index contributed by atoms with van der Waals surface area (Å²) in [5.41, 5.74) is 5.41. The minimum Gasteiger partial charge on any atom is -0.466 e. The Bertz CT molecular complexity index is 1240. The number of carbonyl (C=O) groups excluding carboxylic acids is 3. The van der Waals surface area contributed by atoms with Crippen molar-refractivity contribution in [3.8, 4) is 0 Å². The van der Waals surface area contributed by atoms with Crippen LogP contribution in [0.5, 0.6) is 0 Å². The molecule has 36 heavy (non-hydrogen) atoms.